The van der Waals surface area contributed by atoms with Crippen LogP contribution in [0.4, 0.5) is 0 Å². The summed E-state index contributed by atoms with van der Waals surface area (Å²) in [5, 5.41) is 0. The van der Waals surface area contributed by atoms with Crippen LogP contribution in [0.3, 0.4) is 0 Å². The van der Waals surface area contributed by atoms with E-state index < -0.39 is 5.41 Å². The molecule has 0 rings (SSSR count). The molecule has 0 bridgehead atoms. The first kappa shape index (κ1) is 15.4. The van der Waals surface area contributed by atoms with E-state index in [2.05, 4.69) is 13.8 Å². The van der Waals surface area contributed by atoms with E-state index in [1.807, 2.05) is 27.7 Å². The summed E-state index contributed by atoms with van der Waals surface area (Å²) in [4.78, 5) is 11.7. The van der Waals surface area contributed by atoms with Crippen LogP contribution in [0.15, 0.2) is 0 Å². The number of carbonyl (C=O) groups excluding carboxylic acids is 1. The van der Waals surface area contributed by atoms with E-state index in [4.69, 9.17) is 9.47 Å². The summed E-state index contributed by atoms with van der Waals surface area (Å²) in [6, 6.07) is 0. The van der Waals surface area contributed by atoms with Gasteiger partial charge in [-0.2, -0.15) is 0 Å². The molecule has 3 nitrogen and oxygen atoms in total. The second kappa shape index (κ2) is 6.89. The Labute approximate surface area is 99.5 Å². The van der Waals surface area contributed by atoms with Crippen LogP contribution < -0.4 is 0 Å². The third-order valence-electron chi connectivity index (χ3n) is 2.01. The summed E-state index contributed by atoms with van der Waals surface area (Å²) < 4.78 is 10.7. The van der Waals surface area contributed by atoms with Crippen LogP contribution in [-0.2, 0) is 14.3 Å². The molecule has 0 aliphatic rings. The Bertz CT molecular complexity index is 207. The maximum Gasteiger partial charge on any atom is 0.313 e. The summed E-state index contributed by atoms with van der Waals surface area (Å²) in [5.74, 6) is 0.684. The van der Waals surface area contributed by atoms with Crippen LogP contribution >= 0.6 is 0 Å². The highest BCUT2D eigenvalue weighted by molar-refractivity contribution is 5.76. The molecule has 3 heteroatoms. The van der Waals surface area contributed by atoms with Crippen molar-refractivity contribution in [2.24, 2.45) is 17.3 Å². The quantitative estimate of drug-likeness (QED) is 0.631. The first-order valence-corrected chi connectivity index (χ1v) is 6.00. The zero-order valence-corrected chi connectivity index (χ0v) is 11.5. The fourth-order valence-electron chi connectivity index (χ4n) is 1.05. The molecule has 0 atom stereocenters. The molecule has 0 aliphatic heterocycles. The Balaban J connectivity index is 3.95. The molecule has 0 amide bonds. The van der Waals surface area contributed by atoms with Gasteiger partial charge in [0.1, 0.15) is 0 Å². The normalized spacial score (nSPS) is 12.2. The smallest absolute Gasteiger partial charge is 0.313 e. The molecule has 16 heavy (non-hydrogen) atoms. The Morgan fingerprint density at radius 1 is 1.06 bits per heavy atom. The molecule has 0 fully saturated rings. The summed E-state index contributed by atoms with van der Waals surface area (Å²) in [5.41, 5.74) is -0.552. The first-order chi connectivity index (χ1) is 7.25. The highest BCUT2D eigenvalue weighted by atomic mass is 16.5. The Morgan fingerprint density at radius 2 is 1.56 bits per heavy atom. The third kappa shape index (κ3) is 6.83. The molecule has 0 N–H and O–H groups in total. The van der Waals surface area contributed by atoms with Crippen LogP contribution in [0.1, 0.15) is 41.5 Å². The lowest BCUT2D eigenvalue weighted by Gasteiger charge is -2.23. The Morgan fingerprint density at radius 3 is 2.00 bits per heavy atom. The van der Waals surface area contributed by atoms with Crippen molar-refractivity contribution < 1.29 is 14.3 Å². The largest absolute Gasteiger partial charge is 0.465 e. The van der Waals surface area contributed by atoms with Gasteiger partial charge in [0.15, 0.2) is 0 Å². The van der Waals surface area contributed by atoms with Crippen LogP contribution in [0.25, 0.3) is 0 Å². The Kier molecular flexibility index (Phi) is 6.65. The number of rotatable bonds is 7. The van der Waals surface area contributed by atoms with E-state index in [1.54, 1.807) is 0 Å². The number of carbonyl (C=O) groups is 1. The number of hydrogen-bond donors (Lipinski definition) is 0. The van der Waals surface area contributed by atoms with Gasteiger partial charge in [0.25, 0.3) is 0 Å². The first-order valence-electron chi connectivity index (χ1n) is 6.00. The highest BCUT2D eigenvalue weighted by Gasteiger charge is 2.29. The maximum absolute atomic E-state index is 11.7. The Hall–Kier alpha value is -0.570. The van der Waals surface area contributed by atoms with Crippen molar-refractivity contribution in [3.63, 3.8) is 0 Å². The SMILES string of the molecule is CC(C)COCC(C)(C)C(=O)OCC(C)C. The molecule has 0 aromatic rings. The second-order valence-corrected chi connectivity index (χ2v) is 5.79. The molecule has 96 valence electrons. The van der Waals surface area contributed by atoms with Crippen LogP contribution in [0, 0.1) is 17.3 Å². The molecule has 0 saturated heterocycles. The minimum absolute atomic E-state index is 0.176. The summed E-state index contributed by atoms with van der Waals surface area (Å²) in [6.07, 6.45) is 0. The lowest BCUT2D eigenvalue weighted by Crippen LogP contribution is -2.33. The number of hydrogen-bond acceptors (Lipinski definition) is 3. The van der Waals surface area contributed by atoms with E-state index >= 15 is 0 Å². The van der Waals surface area contributed by atoms with E-state index in [9.17, 15) is 4.79 Å². The van der Waals surface area contributed by atoms with Gasteiger partial charge in [-0.1, -0.05) is 27.7 Å². The molecular formula is C13H26O3. The van der Waals surface area contributed by atoms with Crippen molar-refractivity contribution in [2.75, 3.05) is 19.8 Å². The zero-order chi connectivity index (χ0) is 12.8. The van der Waals surface area contributed by atoms with Crippen LogP contribution in [-0.4, -0.2) is 25.8 Å². The minimum atomic E-state index is -0.552. The lowest BCUT2D eigenvalue weighted by molar-refractivity contribution is -0.158. The van der Waals surface area contributed by atoms with Gasteiger partial charge >= 0.3 is 5.97 Å². The summed E-state index contributed by atoms with van der Waals surface area (Å²) in [7, 11) is 0. The van der Waals surface area contributed by atoms with Crippen molar-refractivity contribution in [3.8, 4) is 0 Å². The average molecular weight is 230 g/mol. The standard InChI is InChI=1S/C13H26O3/c1-10(2)7-15-9-13(5,6)12(14)16-8-11(3)4/h10-11H,7-9H2,1-6H3. The fraction of sp³-hybridized carbons (Fsp3) is 0.923. The number of esters is 1. The number of ether oxygens (including phenoxy) is 2. The van der Waals surface area contributed by atoms with Gasteiger partial charge in [-0.15, -0.1) is 0 Å². The van der Waals surface area contributed by atoms with Crippen molar-refractivity contribution in [1.29, 1.82) is 0 Å². The maximum atomic E-state index is 11.7. The molecule has 0 radical (unpaired) electrons. The van der Waals surface area contributed by atoms with Crippen molar-refractivity contribution in [3.05, 3.63) is 0 Å². The molecule has 0 aromatic carbocycles. The van der Waals surface area contributed by atoms with Crippen molar-refractivity contribution in [2.45, 2.75) is 41.5 Å². The monoisotopic (exact) mass is 230 g/mol. The van der Waals surface area contributed by atoms with Gasteiger partial charge in [-0.3, -0.25) is 4.79 Å². The lowest BCUT2D eigenvalue weighted by atomic mass is 9.95. The van der Waals surface area contributed by atoms with Gasteiger partial charge in [-0.05, 0) is 25.7 Å². The third-order valence-corrected chi connectivity index (χ3v) is 2.01. The molecule has 0 aliphatic carbocycles. The molecular weight excluding hydrogens is 204 g/mol. The predicted molar refractivity (Wildman–Crippen MR) is 65.2 cm³/mol. The summed E-state index contributed by atoms with van der Waals surface area (Å²) in [6.45, 7) is 13.5. The second-order valence-electron chi connectivity index (χ2n) is 5.79. The van der Waals surface area contributed by atoms with Crippen LogP contribution in [0.2, 0.25) is 0 Å². The highest BCUT2D eigenvalue weighted by Crippen LogP contribution is 2.18. The predicted octanol–water partition coefficient (Wildman–Crippen LogP) is 2.88. The van der Waals surface area contributed by atoms with Gasteiger partial charge in [-0.25, -0.2) is 0 Å². The molecule has 0 aromatic heterocycles. The van der Waals surface area contributed by atoms with E-state index in [0.717, 1.165) is 0 Å². The molecule has 0 heterocycles. The van der Waals surface area contributed by atoms with Gasteiger partial charge in [0, 0.05) is 6.61 Å². The van der Waals surface area contributed by atoms with Crippen molar-refractivity contribution in [1.82, 2.24) is 0 Å². The summed E-state index contributed by atoms with van der Waals surface area (Å²) >= 11 is 0. The fourth-order valence-corrected chi connectivity index (χ4v) is 1.05. The molecule has 0 spiro atoms. The molecule has 0 unspecified atom stereocenters. The van der Waals surface area contributed by atoms with E-state index in [-0.39, 0.29) is 5.97 Å². The van der Waals surface area contributed by atoms with E-state index in [1.165, 1.54) is 0 Å². The van der Waals surface area contributed by atoms with Gasteiger partial charge < -0.3 is 9.47 Å². The van der Waals surface area contributed by atoms with Gasteiger partial charge in [0.05, 0.1) is 18.6 Å². The average Bonchev–Trinajstić information content (AvgIpc) is 2.12. The topological polar surface area (TPSA) is 35.5 Å². The molecule has 0 saturated carbocycles. The van der Waals surface area contributed by atoms with Crippen LogP contribution in [0.5, 0.6) is 0 Å². The minimum Gasteiger partial charge on any atom is -0.465 e. The van der Waals surface area contributed by atoms with E-state index in [0.29, 0.717) is 31.7 Å². The van der Waals surface area contributed by atoms with Crippen molar-refractivity contribution >= 4 is 5.97 Å². The van der Waals surface area contributed by atoms with Gasteiger partial charge in [0.2, 0.25) is 0 Å². The zero-order valence-electron chi connectivity index (χ0n) is 11.5.